The highest BCUT2D eigenvalue weighted by Crippen LogP contribution is 2.15. The number of nitro benzene ring substituents is 2. The van der Waals surface area contributed by atoms with Crippen LogP contribution in [0.5, 0.6) is 11.5 Å². The van der Waals surface area contributed by atoms with Crippen molar-refractivity contribution < 1.29 is 25.0 Å². The summed E-state index contributed by atoms with van der Waals surface area (Å²) in [6.45, 7) is 0. The fraction of sp³-hybridized carbons (Fsp3) is 0. The van der Waals surface area contributed by atoms with Gasteiger partial charge in [-0.25, -0.2) is 4.98 Å². The highest BCUT2D eigenvalue weighted by molar-refractivity contribution is 5.35. The van der Waals surface area contributed by atoms with Crippen molar-refractivity contribution in [2.24, 2.45) is 0 Å². The Bertz CT molecular complexity index is 845. The van der Waals surface area contributed by atoms with Crippen molar-refractivity contribution in [2.45, 2.75) is 0 Å². The summed E-state index contributed by atoms with van der Waals surface area (Å²) in [5.41, 5.74) is 10.4. The first-order valence-electron chi connectivity index (χ1n) is 7.43. The fourth-order valence-electron chi connectivity index (χ4n) is 1.56. The average Bonchev–Trinajstić information content (AvgIpc) is 2.63. The number of nitrogen functional groups attached to an aromatic ring is 2. The van der Waals surface area contributed by atoms with Crippen molar-refractivity contribution >= 4 is 23.1 Å². The van der Waals surface area contributed by atoms with Crippen LogP contribution in [0, 0.1) is 20.2 Å². The molecule has 0 saturated carbocycles. The lowest BCUT2D eigenvalue weighted by molar-refractivity contribution is -0.385. The first-order chi connectivity index (χ1) is 13.2. The van der Waals surface area contributed by atoms with Crippen LogP contribution in [-0.2, 0) is 0 Å². The zero-order valence-corrected chi connectivity index (χ0v) is 14.3. The number of phenolic OH excluding ortho intramolecular Hbond substituents is 1. The van der Waals surface area contributed by atoms with Crippen molar-refractivity contribution in [2.75, 3.05) is 11.5 Å². The molecule has 0 bridgehead atoms. The summed E-state index contributed by atoms with van der Waals surface area (Å²) in [4.78, 5) is 25.3. The second-order valence-electron chi connectivity index (χ2n) is 4.92. The lowest BCUT2D eigenvalue weighted by Gasteiger charge is -2.00. The lowest BCUT2D eigenvalue weighted by Crippen LogP contribution is -2.12. The summed E-state index contributed by atoms with van der Waals surface area (Å²) < 4.78 is 0. The maximum absolute atomic E-state index is 10.4. The number of benzene rings is 2. The van der Waals surface area contributed by atoms with Crippen LogP contribution in [-0.4, -0.2) is 19.9 Å². The van der Waals surface area contributed by atoms with Crippen LogP contribution in [0.3, 0.4) is 0 Å². The summed E-state index contributed by atoms with van der Waals surface area (Å²) in [7, 11) is 0. The highest BCUT2D eigenvalue weighted by Gasteiger charge is 2.01. The number of nitrogens with one attached hydrogen (secondary N) is 1. The monoisotopic (exact) mass is 388 g/mol. The molecular weight excluding hydrogens is 372 g/mol. The van der Waals surface area contributed by atoms with Gasteiger partial charge in [-0.15, -0.1) is 5.75 Å². The Morgan fingerprint density at radius 1 is 0.857 bits per heavy atom. The minimum atomic E-state index is -0.542. The van der Waals surface area contributed by atoms with Crippen molar-refractivity contribution in [3.05, 3.63) is 81.0 Å². The number of nitrogens with two attached hydrogens (primary N) is 2. The van der Waals surface area contributed by atoms with Crippen LogP contribution < -0.4 is 21.6 Å². The molecule has 0 unspecified atom stereocenters. The number of aromatic amines is 1. The Balaban J connectivity index is 0.000000212. The molecule has 2 aromatic carbocycles. The maximum Gasteiger partial charge on any atom is 0.388 e. The number of aromatic nitrogens is 2. The maximum atomic E-state index is 10.4. The number of hydrogen-bond acceptors (Lipinski definition) is 9. The molecule has 0 atom stereocenters. The number of aromatic hydroxyl groups is 1. The second-order valence-corrected chi connectivity index (χ2v) is 4.92. The van der Waals surface area contributed by atoms with E-state index in [1.54, 1.807) is 12.3 Å². The van der Waals surface area contributed by atoms with E-state index in [1.165, 1.54) is 36.4 Å². The van der Waals surface area contributed by atoms with Gasteiger partial charge in [0.2, 0.25) is 5.82 Å². The normalized spacial score (nSPS) is 9.14. The van der Waals surface area contributed by atoms with Gasteiger partial charge in [-0.2, -0.15) is 0 Å². The van der Waals surface area contributed by atoms with Gasteiger partial charge in [-0.3, -0.25) is 26.0 Å². The number of H-pyrrole nitrogens is 1. The van der Waals surface area contributed by atoms with E-state index < -0.39 is 9.85 Å². The molecule has 0 aliphatic carbocycles. The van der Waals surface area contributed by atoms with Gasteiger partial charge in [-0.05, 0) is 12.1 Å². The Hall–Kier alpha value is -4.48. The zero-order valence-electron chi connectivity index (χ0n) is 14.3. The van der Waals surface area contributed by atoms with Gasteiger partial charge in [0.25, 0.3) is 11.4 Å². The molecule has 3 aromatic rings. The van der Waals surface area contributed by atoms with Crippen molar-refractivity contribution in [1.82, 2.24) is 4.98 Å². The van der Waals surface area contributed by atoms with Crippen LogP contribution in [0.4, 0.5) is 23.1 Å². The molecule has 12 heteroatoms. The first-order valence-corrected chi connectivity index (χ1v) is 7.43. The molecule has 0 aliphatic heterocycles. The van der Waals surface area contributed by atoms with Crippen LogP contribution in [0.15, 0.2) is 60.8 Å². The van der Waals surface area contributed by atoms with Gasteiger partial charge < -0.3 is 15.9 Å². The van der Waals surface area contributed by atoms with E-state index in [9.17, 15) is 25.3 Å². The predicted octanol–water partition coefficient (Wildman–Crippen LogP) is 1.03. The largest absolute Gasteiger partial charge is 0.872 e. The number of phenols is 1. The van der Waals surface area contributed by atoms with E-state index in [2.05, 4.69) is 9.97 Å². The van der Waals surface area contributed by atoms with E-state index in [1.807, 2.05) is 0 Å². The van der Waals surface area contributed by atoms with Crippen molar-refractivity contribution in [3.8, 4) is 11.5 Å². The molecule has 0 spiro atoms. The smallest absolute Gasteiger partial charge is 0.388 e. The number of hydrogen-bond donors (Lipinski definition) is 3. The molecule has 1 heterocycles. The van der Waals surface area contributed by atoms with Crippen LogP contribution in [0.25, 0.3) is 0 Å². The van der Waals surface area contributed by atoms with E-state index in [0.29, 0.717) is 11.8 Å². The second kappa shape index (κ2) is 10.5. The Morgan fingerprint density at radius 2 is 1.32 bits per heavy atom. The molecule has 3 rings (SSSR count). The highest BCUT2D eigenvalue weighted by atomic mass is 16.6. The topological polar surface area (TPSA) is 209 Å². The Morgan fingerprint density at radius 3 is 1.68 bits per heavy atom. The minimum absolute atomic E-state index is 0.0159. The first kappa shape index (κ1) is 21.6. The zero-order chi connectivity index (χ0) is 21.1. The van der Waals surface area contributed by atoms with E-state index in [0.717, 1.165) is 12.1 Å². The molecule has 28 heavy (non-hydrogen) atoms. The van der Waals surface area contributed by atoms with Gasteiger partial charge in [0, 0.05) is 30.3 Å². The molecule has 0 radical (unpaired) electrons. The third kappa shape index (κ3) is 8.06. The van der Waals surface area contributed by atoms with Crippen molar-refractivity contribution in [1.29, 1.82) is 0 Å². The Kier molecular flexibility index (Phi) is 8.08. The summed E-state index contributed by atoms with van der Waals surface area (Å²) in [6, 6.07) is 11.4. The number of nitro groups is 2. The third-order valence-electron chi connectivity index (χ3n) is 2.84. The van der Waals surface area contributed by atoms with Crippen LogP contribution in [0.1, 0.15) is 0 Å². The number of anilines is 2. The fourth-order valence-corrected chi connectivity index (χ4v) is 1.56. The predicted molar refractivity (Wildman–Crippen MR) is 96.9 cm³/mol. The van der Waals surface area contributed by atoms with Crippen LogP contribution in [0.2, 0.25) is 0 Å². The molecular formula is C16H16N6O6. The quantitative estimate of drug-likeness (QED) is 0.422. The molecule has 0 saturated heterocycles. The van der Waals surface area contributed by atoms with Crippen molar-refractivity contribution in [3.63, 3.8) is 0 Å². The van der Waals surface area contributed by atoms with Gasteiger partial charge in [0.1, 0.15) is 5.75 Å². The van der Waals surface area contributed by atoms with E-state index in [-0.39, 0.29) is 22.9 Å². The van der Waals surface area contributed by atoms with Gasteiger partial charge in [0.05, 0.1) is 16.0 Å². The average molecular weight is 388 g/mol. The minimum Gasteiger partial charge on any atom is -0.872 e. The Labute approximate surface area is 158 Å². The van der Waals surface area contributed by atoms with E-state index in [4.69, 9.17) is 16.6 Å². The SMILES string of the molecule is Nc1cc[nH+]c(N)n1.O=[N+]([O-])c1ccc(O)cc1.O=[N+]([O-])c1ccc([O-])cc1. The molecule has 146 valence electrons. The van der Waals surface area contributed by atoms with Gasteiger partial charge in [-0.1, -0.05) is 17.1 Å². The molecule has 12 nitrogen and oxygen atoms in total. The molecule has 1 aromatic heterocycles. The molecule has 0 fully saturated rings. The standard InChI is InChI=1S/2C6H5NO3.C4H6N4/c2*8-6-3-1-5(2-4-6)7(9)10;5-3-1-2-7-4(6)8-3/h2*1-4,8H;1-2H,(H4,5,6,7,8). The number of non-ortho nitro benzene ring substituents is 2. The molecule has 0 aliphatic rings. The number of rotatable bonds is 2. The van der Waals surface area contributed by atoms with E-state index >= 15 is 0 Å². The summed E-state index contributed by atoms with van der Waals surface area (Å²) in [6.07, 6.45) is 1.64. The summed E-state index contributed by atoms with van der Waals surface area (Å²) in [5.74, 6) is 0.586. The number of nitrogens with zero attached hydrogens (tertiary/aromatic N) is 3. The third-order valence-corrected chi connectivity index (χ3v) is 2.84. The lowest BCUT2D eigenvalue weighted by atomic mass is 10.3. The summed E-state index contributed by atoms with van der Waals surface area (Å²) in [5, 5.41) is 39.2. The summed E-state index contributed by atoms with van der Waals surface area (Å²) >= 11 is 0. The van der Waals surface area contributed by atoms with Crippen LogP contribution >= 0.6 is 0 Å². The van der Waals surface area contributed by atoms with Gasteiger partial charge in [0.15, 0.2) is 0 Å². The molecule has 0 amide bonds. The molecule has 6 N–H and O–H groups in total. The van der Waals surface area contributed by atoms with Gasteiger partial charge >= 0.3 is 5.95 Å².